The predicted molar refractivity (Wildman–Crippen MR) is 122 cm³/mol. The summed E-state index contributed by atoms with van der Waals surface area (Å²) in [6, 6.07) is 17.1. The fraction of sp³-hybridized carbons (Fsp3) is 0.200. The van der Waals surface area contributed by atoms with Crippen LogP contribution in [-0.4, -0.2) is 37.1 Å². The lowest BCUT2D eigenvalue weighted by atomic mass is 10.1. The summed E-state index contributed by atoms with van der Waals surface area (Å²) in [6.07, 6.45) is 2.04. The minimum atomic E-state index is -3.30. The molecule has 0 bridgehead atoms. The van der Waals surface area contributed by atoms with Crippen molar-refractivity contribution in [2.24, 2.45) is 0 Å². The lowest BCUT2D eigenvalue weighted by Crippen LogP contribution is -2.14. The standard InChI is InChI=1S/C20H21N3O3S3/c1-29(25,26)23-17-9-7-16(8-10-17)18-13-28-20(21-18)22-19(24)14-27-12-11-15-5-3-2-4-6-15/h2-10,13,23H,11-12,14H2,1H3,(H,21,22,24). The molecule has 1 amide bonds. The minimum Gasteiger partial charge on any atom is -0.301 e. The van der Waals surface area contributed by atoms with Gasteiger partial charge in [0.05, 0.1) is 17.7 Å². The van der Waals surface area contributed by atoms with Crippen molar-refractivity contribution in [2.75, 3.05) is 27.8 Å². The molecule has 0 spiro atoms. The number of aromatic nitrogens is 1. The quantitative estimate of drug-likeness (QED) is 0.482. The molecule has 0 fully saturated rings. The molecule has 9 heteroatoms. The molecule has 1 heterocycles. The first kappa shape index (κ1) is 21.4. The average Bonchev–Trinajstić information content (AvgIpc) is 3.14. The zero-order valence-corrected chi connectivity index (χ0v) is 18.2. The van der Waals surface area contributed by atoms with Gasteiger partial charge in [-0.25, -0.2) is 13.4 Å². The van der Waals surface area contributed by atoms with Crippen LogP contribution in [0.15, 0.2) is 60.0 Å². The van der Waals surface area contributed by atoms with Gasteiger partial charge < -0.3 is 5.32 Å². The van der Waals surface area contributed by atoms with Crippen molar-refractivity contribution in [3.05, 3.63) is 65.5 Å². The van der Waals surface area contributed by atoms with E-state index in [1.165, 1.54) is 16.9 Å². The van der Waals surface area contributed by atoms with Gasteiger partial charge in [0.2, 0.25) is 15.9 Å². The van der Waals surface area contributed by atoms with Crippen molar-refractivity contribution < 1.29 is 13.2 Å². The largest absolute Gasteiger partial charge is 0.301 e. The van der Waals surface area contributed by atoms with Gasteiger partial charge in [-0.1, -0.05) is 42.5 Å². The van der Waals surface area contributed by atoms with E-state index in [4.69, 9.17) is 0 Å². The van der Waals surface area contributed by atoms with Crippen LogP contribution < -0.4 is 10.0 Å². The highest BCUT2D eigenvalue weighted by Gasteiger charge is 2.09. The molecular weight excluding hydrogens is 426 g/mol. The highest BCUT2D eigenvalue weighted by molar-refractivity contribution is 7.99. The van der Waals surface area contributed by atoms with Crippen LogP contribution >= 0.6 is 23.1 Å². The Bertz CT molecular complexity index is 1050. The van der Waals surface area contributed by atoms with Gasteiger partial charge in [0, 0.05) is 16.6 Å². The number of hydrogen-bond donors (Lipinski definition) is 2. The van der Waals surface area contributed by atoms with Gasteiger partial charge in [-0.15, -0.1) is 11.3 Å². The lowest BCUT2D eigenvalue weighted by Gasteiger charge is -2.04. The number of nitrogens with one attached hydrogen (secondary N) is 2. The number of sulfonamides is 1. The summed E-state index contributed by atoms with van der Waals surface area (Å²) in [4.78, 5) is 16.6. The molecule has 0 aliphatic carbocycles. The number of rotatable bonds is 9. The summed E-state index contributed by atoms with van der Waals surface area (Å²) in [5.74, 6) is 1.19. The SMILES string of the molecule is CS(=O)(=O)Nc1ccc(-c2csc(NC(=O)CSCCc3ccccc3)n2)cc1. The van der Waals surface area contributed by atoms with E-state index < -0.39 is 10.0 Å². The van der Waals surface area contributed by atoms with Crippen molar-refractivity contribution in [1.82, 2.24) is 4.98 Å². The number of thioether (sulfide) groups is 1. The second-order valence-corrected chi connectivity index (χ2v) is 10.0. The van der Waals surface area contributed by atoms with E-state index in [0.29, 0.717) is 16.6 Å². The van der Waals surface area contributed by atoms with E-state index in [1.807, 2.05) is 23.6 Å². The number of carbonyl (C=O) groups excluding carboxylic acids is 1. The van der Waals surface area contributed by atoms with E-state index in [2.05, 4.69) is 27.2 Å². The third-order valence-corrected chi connectivity index (χ3v) is 6.17. The number of carbonyl (C=O) groups is 1. The summed E-state index contributed by atoms with van der Waals surface area (Å²) in [5, 5.41) is 5.24. The third-order valence-electron chi connectivity index (χ3n) is 3.85. The second kappa shape index (κ2) is 9.91. The average molecular weight is 448 g/mol. The lowest BCUT2D eigenvalue weighted by molar-refractivity contribution is -0.113. The van der Waals surface area contributed by atoms with Crippen LogP contribution in [0.4, 0.5) is 10.8 Å². The van der Waals surface area contributed by atoms with Gasteiger partial charge in [-0.3, -0.25) is 9.52 Å². The zero-order chi connectivity index (χ0) is 20.7. The summed E-state index contributed by atoms with van der Waals surface area (Å²) in [7, 11) is -3.30. The summed E-state index contributed by atoms with van der Waals surface area (Å²) in [6.45, 7) is 0. The van der Waals surface area contributed by atoms with Crippen molar-refractivity contribution in [2.45, 2.75) is 6.42 Å². The first-order chi connectivity index (χ1) is 13.9. The van der Waals surface area contributed by atoms with Gasteiger partial charge in [0.25, 0.3) is 0 Å². The Morgan fingerprint density at radius 3 is 2.52 bits per heavy atom. The van der Waals surface area contributed by atoms with Crippen molar-refractivity contribution >= 4 is 49.8 Å². The van der Waals surface area contributed by atoms with Gasteiger partial charge >= 0.3 is 0 Å². The molecule has 0 saturated carbocycles. The molecule has 0 radical (unpaired) electrons. The minimum absolute atomic E-state index is 0.0725. The summed E-state index contributed by atoms with van der Waals surface area (Å²) >= 11 is 2.95. The fourth-order valence-electron chi connectivity index (χ4n) is 2.54. The van der Waals surface area contributed by atoms with Crippen LogP contribution in [0.3, 0.4) is 0 Å². The Kier molecular flexibility index (Phi) is 7.29. The number of anilines is 2. The maximum Gasteiger partial charge on any atom is 0.236 e. The maximum atomic E-state index is 12.1. The molecular formula is C20H21N3O3S3. The molecule has 0 aliphatic rings. The molecule has 0 atom stereocenters. The number of hydrogen-bond acceptors (Lipinski definition) is 6. The highest BCUT2D eigenvalue weighted by Crippen LogP contribution is 2.26. The van der Waals surface area contributed by atoms with Gasteiger partial charge in [0.15, 0.2) is 5.13 Å². The molecule has 2 aromatic carbocycles. The molecule has 6 nitrogen and oxygen atoms in total. The van der Waals surface area contributed by atoms with Crippen molar-refractivity contribution in [3.8, 4) is 11.3 Å². The van der Waals surface area contributed by atoms with E-state index in [9.17, 15) is 13.2 Å². The Balaban J connectivity index is 1.47. The fourth-order valence-corrected chi connectivity index (χ4v) is 4.62. The Morgan fingerprint density at radius 1 is 1.10 bits per heavy atom. The third kappa shape index (κ3) is 7.19. The van der Waals surface area contributed by atoms with Crippen LogP contribution in [0.2, 0.25) is 0 Å². The number of thiazole rings is 1. The van der Waals surface area contributed by atoms with Crippen LogP contribution in [-0.2, 0) is 21.2 Å². The van der Waals surface area contributed by atoms with Gasteiger partial charge in [0.1, 0.15) is 0 Å². The first-order valence-electron chi connectivity index (χ1n) is 8.84. The Morgan fingerprint density at radius 2 is 1.83 bits per heavy atom. The maximum absolute atomic E-state index is 12.1. The van der Waals surface area contributed by atoms with E-state index in [0.717, 1.165) is 29.7 Å². The molecule has 3 aromatic rings. The van der Waals surface area contributed by atoms with E-state index in [1.54, 1.807) is 36.0 Å². The summed E-state index contributed by atoms with van der Waals surface area (Å²) in [5.41, 5.74) is 3.33. The molecule has 0 unspecified atom stereocenters. The highest BCUT2D eigenvalue weighted by atomic mass is 32.2. The smallest absolute Gasteiger partial charge is 0.236 e. The number of aryl methyl sites for hydroxylation is 1. The molecule has 0 saturated heterocycles. The van der Waals surface area contributed by atoms with E-state index >= 15 is 0 Å². The van der Waals surface area contributed by atoms with Crippen molar-refractivity contribution in [1.29, 1.82) is 0 Å². The first-order valence-corrected chi connectivity index (χ1v) is 12.8. The van der Waals surface area contributed by atoms with Crippen LogP contribution in [0.5, 0.6) is 0 Å². The Labute approximate surface area is 178 Å². The summed E-state index contributed by atoms with van der Waals surface area (Å²) < 4.78 is 24.9. The number of nitrogens with zero attached hydrogens (tertiary/aromatic N) is 1. The predicted octanol–water partition coefficient (Wildman–Crippen LogP) is 4.10. The second-order valence-electron chi connectivity index (χ2n) is 6.33. The Hall–Kier alpha value is -2.36. The van der Waals surface area contributed by atoms with Gasteiger partial charge in [-0.2, -0.15) is 11.8 Å². The molecule has 3 rings (SSSR count). The molecule has 1 aromatic heterocycles. The topological polar surface area (TPSA) is 88.2 Å². The normalized spacial score (nSPS) is 11.2. The van der Waals surface area contributed by atoms with Crippen LogP contribution in [0.25, 0.3) is 11.3 Å². The zero-order valence-electron chi connectivity index (χ0n) is 15.8. The van der Waals surface area contributed by atoms with E-state index in [-0.39, 0.29) is 5.91 Å². The molecule has 2 N–H and O–H groups in total. The van der Waals surface area contributed by atoms with Crippen molar-refractivity contribution in [3.63, 3.8) is 0 Å². The number of benzene rings is 2. The van der Waals surface area contributed by atoms with Crippen LogP contribution in [0.1, 0.15) is 5.56 Å². The van der Waals surface area contributed by atoms with Crippen LogP contribution in [0, 0.1) is 0 Å². The monoisotopic (exact) mass is 447 g/mol. The molecule has 0 aliphatic heterocycles. The van der Waals surface area contributed by atoms with Gasteiger partial charge in [-0.05, 0) is 29.9 Å². The number of amides is 1. The molecule has 152 valence electrons. The molecule has 29 heavy (non-hydrogen) atoms.